The van der Waals surface area contributed by atoms with Crippen LogP contribution in [0.2, 0.25) is 0 Å². The number of unbranched alkanes of at least 4 members (excludes halogenated alkanes) is 14. The molecule has 7 heteroatoms. The predicted molar refractivity (Wildman–Crippen MR) is 189 cm³/mol. The quantitative estimate of drug-likeness (QED) is 0.0488. The minimum atomic E-state index is -0.368. The molecule has 0 radical (unpaired) electrons. The van der Waals surface area contributed by atoms with Crippen LogP contribution in [0.5, 0.6) is 0 Å². The molecule has 0 saturated heterocycles. The second-order valence-corrected chi connectivity index (χ2v) is 13.2. The Hall–Kier alpha value is -1.89. The van der Waals surface area contributed by atoms with Crippen molar-refractivity contribution < 1.29 is 9.53 Å². The molecular formula is C37H69N3O4. The fourth-order valence-electron chi connectivity index (χ4n) is 6.11. The first kappa shape index (κ1) is 40.1. The van der Waals surface area contributed by atoms with Gasteiger partial charge in [0.15, 0.2) is 0 Å². The Morgan fingerprint density at radius 1 is 0.591 bits per heavy atom. The summed E-state index contributed by atoms with van der Waals surface area (Å²) in [5, 5.41) is 0. The Kier molecular flexibility index (Phi) is 23.1. The molecule has 7 nitrogen and oxygen atoms in total. The molecule has 0 heterocycles. The zero-order valence-corrected chi connectivity index (χ0v) is 29.7. The van der Waals surface area contributed by atoms with Gasteiger partial charge in [0.05, 0.1) is 0 Å². The third-order valence-corrected chi connectivity index (χ3v) is 8.97. The molecule has 0 amide bonds. The fraction of sp³-hybridized carbons (Fsp3) is 0.865. The first-order chi connectivity index (χ1) is 21.3. The molecule has 0 aromatic heterocycles. The molecule has 44 heavy (non-hydrogen) atoms. The van der Waals surface area contributed by atoms with E-state index in [4.69, 9.17) is 4.74 Å². The van der Waals surface area contributed by atoms with Crippen LogP contribution in [-0.4, -0.2) is 64.3 Å². The number of hydrogen-bond donors (Lipinski definition) is 0. The number of carbonyl (C=O) groups is 1. The van der Waals surface area contributed by atoms with Crippen molar-refractivity contribution in [1.82, 2.24) is 4.90 Å². The van der Waals surface area contributed by atoms with Crippen molar-refractivity contribution in [2.75, 3.05) is 57.1 Å². The van der Waals surface area contributed by atoms with Crippen LogP contribution in [0.4, 0.5) is 11.4 Å². The van der Waals surface area contributed by atoms with E-state index in [1.807, 2.05) is 26.0 Å². The SMILES string of the molecule is CCCCCCCCC(CC)OC(=O)CCCCCCCN(CCCCCCCC)CCCN(C)c1c(N(C)C)c(=O)c1=O. The first-order valence-electron chi connectivity index (χ1n) is 18.4. The lowest BCUT2D eigenvalue weighted by Crippen LogP contribution is -2.44. The van der Waals surface area contributed by atoms with Crippen molar-refractivity contribution in [3.05, 3.63) is 20.4 Å². The molecule has 0 spiro atoms. The van der Waals surface area contributed by atoms with Crippen molar-refractivity contribution in [3.63, 3.8) is 0 Å². The number of ether oxygens (including phenoxy) is 1. The van der Waals surface area contributed by atoms with Gasteiger partial charge in [0, 0.05) is 34.1 Å². The summed E-state index contributed by atoms with van der Waals surface area (Å²) in [6.07, 6.45) is 24.5. The summed E-state index contributed by atoms with van der Waals surface area (Å²) in [6, 6.07) is 0. The second kappa shape index (κ2) is 25.3. The number of rotatable bonds is 30. The summed E-state index contributed by atoms with van der Waals surface area (Å²) in [6.45, 7) is 10.6. The van der Waals surface area contributed by atoms with Crippen molar-refractivity contribution in [2.45, 2.75) is 162 Å². The zero-order chi connectivity index (χ0) is 32.6. The van der Waals surface area contributed by atoms with E-state index < -0.39 is 0 Å². The van der Waals surface area contributed by atoms with Crippen LogP contribution in [0, 0.1) is 0 Å². The monoisotopic (exact) mass is 620 g/mol. The number of anilines is 2. The Labute approximate surface area is 270 Å². The third-order valence-electron chi connectivity index (χ3n) is 8.97. The van der Waals surface area contributed by atoms with Gasteiger partial charge in [0.2, 0.25) is 0 Å². The topological polar surface area (TPSA) is 70.2 Å². The zero-order valence-electron chi connectivity index (χ0n) is 29.7. The standard InChI is InChI=1S/C37H69N3O4/c1-7-10-12-14-17-21-26-32(9-3)44-33(41)27-22-18-16-20-24-30-40(29-23-19-15-13-11-8-2)31-25-28-39(6)35-34(38(4)5)36(42)37(35)43/h32H,7-31H2,1-6H3. The molecule has 1 aromatic rings. The van der Waals surface area contributed by atoms with Gasteiger partial charge in [-0.15, -0.1) is 0 Å². The van der Waals surface area contributed by atoms with Gasteiger partial charge >= 0.3 is 5.97 Å². The van der Waals surface area contributed by atoms with E-state index in [0.717, 1.165) is 71.1 Å². The maximum absolute atomic E-state index is 12.4. The van der Waals surface area contributed by atoms with Crippen LogP contribution in [0.25, 0.3) is 0 Å². The van der Waals surface area contributed by atoms with Crippen LogP contribution < -0.4 is 20.7 Å². The molecule has 0 aliphatic heterocycles. The van der Waals surface area contributed by atoms with E-state index >= 15 is 0 Å². The summed E-state index contributed by atoms with van der Waals surface area (Å²) < 4.78 is 5.77. The van der Waals surface area contributed by atoms with E-state index in [-0.39, 0.29) is 22.9 Å². The van der Waals surface area contributed by atoms with E-state index in [1.54, 1.807) is 4.90 Å². The lowest BCUT2D eigenvalue weighted by molar-refractivity contribution is -0.149. The largest absolute Gasteiger partial charge is 0.462 e. The highest BCUT2D eigenvalue weighted by molar-refractivity contribution is 5.75. The maximum Gasteiger partial charge on any atom is 0.306 e. The minimum Gasteiger partial charge on any atom is -0.462 e. The smallest absolute Gasteiger partial charge is 0.306 e. The predicted octanol–water partition coefficient (Wildman–Crippen LogP) is 8.25. The van der Waals surface area contributed by atoms with Gasteiger partial charge in [-0.2, -0.15) is 0 Å². The fourth-order valence-corrected chi connectivity index (χ4v) is 6.11. The number of esters is 1. The highest BCUT2D eigenvalue weighted by Gasteiger charge is 2.25. The van der Waals surface area contributed by atoms with Gasteiger partial charge in [-0.05, 0) is 64.6 Å². The highest BCUT2D eigenvalue weighted by Crippen LogP contribution is 2.21. The van der Waals surface area contributed by atoms with E-state index in [1.165, 1.54) is 83.5 Å². The number of nitrogens with zero attached hydrogens (tertiary/aromatic N) is 3. The van der Waals surface area contributed by atoms with E-state index in [0.29, 0.717) is 17.8 Å². The molecular weight excluding hydrogens is 550 g/mol. The van der Waals surface area contributed by atoms with Crippen LogP contribution >= 0.6 is 0 Å². The number of carbonyl (C=O) groups excluding carboxylic acids is 1. The molecule has 0 fully saturated rings. The minimum absolute atomic E-state index is 0.0145. The van der Waals surface area contributed by atoms with Crippen molar-refractivity contribution in [3.8, 4) is 0 Å². The Bertz CT molecular complexity index is 924. The van der Waals surface area contributed by atoms with Crippen molar-refractivity contribution in [2.24, 2.45) is 0 Å². The third kappa shape index (κ3) is 17.0. The van der Waals surface area contributed by atoms with Gasteiger partial charge < -0.3 is 19.4 Å². The van der Waals surface area contributed by atoms with Crippen molar-refractivity contribution >= 4 is 17.3 Å². The van der Waals surface area contributed by atoms with Crippen LogP contribution in [-0.2, 0) is 9.53 Å². The first-order valence-corrected chi connectivity index (χ1v) is 18.4. The lowest BCUT2D eigenvalue weighted by Gasteiger charge is -2.28. The van der Waals surface area contributed by atoms with Gasteiger partial charge in [-0.25, -0.2) is 0 Å². The molecule has 1 unspecified atom stereocenters. The summed E-state index contributed by atoms with van der Waals surface area (Å²) in [4.78, 5) is 42.8. The van der Waals surface area contributed by atoms with Gasteiger partial charge in [0.1, 0.15) is 17.5 Å². The maximum atomic E-state index is 12.4. The Balaban J connectivity index is 2.32. The molecule has 1 atom stereocenters. The Morgan fingerprint density at radius 3 is 1.61 bits per heavy atom. The summed E-state index contributed by atoms with van der Waals surface area (Å²) >= 11 is 0. The molecule has 0 N–H and O–H groups in total. The van der Waals surface area contributed by atoms with E-state index in [9.17, 15) is 14.4 Å². The molecule has 0 aliphatic carbocycles. The summed E-state index contributed by atoms with van der Waals surface area (Å²) in [5.74, 6) is -0.0145. The summed E-state index contributed by atoms with van der Waals surface area (Å²) in [5.41, 5.74) is 0.376. The van der Waals surface area contributed by atoms with Crippen LogP contribution in [0.1, 0.15) is 156 Å². The van der Waals surface area contributed by atoms with Gasteiger partial charge in [0.25, 0.3) is 10.9 Å². The Morgan fingerprint density at radius 2 is 1.07 bits per heavy atom. The normalized spacial score (nSPS) is 12.2. The van der Waals surface area contributed by atoms with Crippen LogP contribution in [0.15, 0.2) is 9.59 Å². The molecule has 0 bridgehead atoms. The number of hydrogen-bond acceptors (Lipinski definition) is 7. The van der Waals surface area contributed by atoms with E-state index in [2.05, 4.69) is 25.7 Å². The molecule has 256 valence electrons. The average molecular weight is 620 g/mol. The second-order valence-electron chi connectivity index (χ2n) is 13.2. The average Bonchev–Trinajstić information content (AvgIpc) is 3.00. The van der Waals surface area contributed by atoms with Gasteiger partial charge in [-0.3, -0.25) is 14.4 Å². The highest BCUT2D eigenvalue weighted by atomic mass is 16.5. The summed E-state index contributed by atoms with van der Waals surface area (Å²) in [7, 11) is 5.57. The van der Waals surface area contributed by atoms with Gasteiger partial charge in [-0.1, -0.05) is 104 Å². The van der Waals surface area contributed by atoms with Crippen molar-refractivity contribution in [1.29, 1.82) is 0 Å². The molecule has 1 rings (SSSR count). The molecule has 1 aromatic carbocycles. The van der Waals surface area contributed by atoms with Crippen LogP contribution in [0.3, 0.4) is 0 Å². The molecule has 0 aliphatic rings. The molecule has 0 saturated carbocycles. The lowest BCUT2D eigenvalue weighted by atomic mass is 10.1.